The third-order valence-corrected chi connectivity index (χ3v) is 7.01. The Labute approximate surface area is 187 Å². The molecule has 2 aromatic carbocycles. The van der Waals surface area contributed by atoms with Crippen molar-refractivity contribution in [2.45, 2.75) is 21.7 Å². The van der Waals surface area contributed by atoms with Crippen LogP contribution in [0.3, 0.4) is 0 Å². The van der Waals surface area contributed by atoms with E-state index in [-0.39, 0.29) is 22.8 Å². The fraction of sp³-hybridized carbons (Fsp3) is 0.200. The summed E-state index contributed by atoms with van der Waals surface area (Å²) in [5, 5.41) is 15.1. The van der Waals surface area contributed by atoms with E-state index in [1.54, 1.807) is 24.3 Å². The van der Waals surface area contributed by atoms with Gasteiger partial charge in [0, 0.05) is 29.1 Å². The lowest BCUT2D eigenvalue weighted by Gasteiger charge is -2.23. The second kappa shape index (κ2) is 9.11. The first-order valence-corrected chi connectivity index (χ1v) is 11.4. The monoisotopic (exact) mass is 459 g/mol. The highest BCUT2D eigenvalue weighted by Gasteiger charge is 2.28. The highest BCUT2D eigenvalue weighted by molar-refractivity contribution is 8.01. The molecule has 2 amide bonds. The van der Waals surface area contributed by atoms with Crippen LogP contribution in [-0.4, -0.2) is 37.6 Å². The largest absolute Gasteiger partial charge is 0.325 e. The molecule has 1 atom stereocenters. The first-order valence-electron chi connectivity index (χ1n) is 9.12. The molecule has 1 aliphatic heterocycles. The minimum atomic E-state index is -0.283. The minimum absolute atomic E-state index is 0.0433. The summed E-state index contributed by atoms with van der Waals surface area (Å²) in [6, 6.07) is 14.7. The summed E-state index contributed by atoms with van der Waals surface area (Å²) in [6.07, 6.45) is 0.450. The third-order valence-electron chi connectivity index (χ3n) is 4.46. The quantitative estimate of drug-likeness (QED) is 0.544. The molecule has 3 aromatic rings. The van der Waals surface area contributed by atoms with E-state index in [9.17, 15) is 9.59 Å². The Morgan fingerprint density at radius 1 is 1.23 bits per heavy atom. The summed E-state index contributed by atoms with van der Waals surface area (Å²) in [4.78, 5) is 25.7. The van der Waals surface area contributed by atoms with Gasteiger partial charge in [0.25, 0.3) is 0 Å². The van der Waals surface area contributed by atoms with Gasteiger partial charge in [0.1, 0.15) is 5.82 Å². The molecule has 0 unspecified atom stereocenters. The third kappa shape index (κ3) is 4.80. The van der Waals surface area contributed by atoms with Crippen LogP contribution in [0.2, 0.25) is 5.02 Å². The van der Waals surface area contributed by atoms with Crippen LogP contribution in [0.15, 0.2) is 58.6 Å². The number of nitrogens with one attached hydrogen (secondary N) is 2. The predicted octanol–water partition coefficient (Wildman–Crippen LogP) is 3.85. The summed E-state index contributed by atoms with van der Waals surface area (Å²) in [5.41, 5.74) is 1.52. The first-order chi connectivity index (χ1) is 14.5. The molecule has 2 heterocycles. The van der Waals surface area contributed by atoms with Crippen LogP contribution in [0.4, 0.5) is 11.4 Å². The molecule has 0 radical (unpaired) electrons. The number of nitrogens with zero attached hydrogens (tertiary/aromatic N) is 3. The van der Waals surface area contributed by atoms with Crippen molar-refractivity contribution in [1.82, 2.24) is 14.8 Å². The molecular formula is C20H18ClN5O2S2. The summed E-state index contributed by atoms with van der Waals surface area (Å²) in [7, 11) is 1.84. The number of benzene rings is 2. The van der Waals surface area contributed by atoms with E-state index >= 15 is 0 Å². The van der Waals surface area contributed by atoms with Crippen molar-refractivity contribution in [2.24, 2.45) is 7.05 Å². The average Bonchev–Trinajstić information content (AvgIpc) is 3.08. The summed E-state index contributed by atoms with van der Waals surface area (Å²) < 4.78 is 1.83. The Kier molecular flexibility index (Phi) is 6.31. The maximum Gasteiger partial charge on any atom is 0.238 e. The number of carbonyl (C=O) groups excluding carboxylic acids is 2. The van der Waals surface area contributed by atoms with Crippen molar-refractivity contribution in [3.8, 4) is 0 Å². The zero-order valence-corrected chi connectivity index (χ0v) is 18.4. The molecule has 10 heteroatoms. The number of para-hydroxylation sites is 1. The molecule has 0 saturated heterocycles. The SMILES string of the molecule is Cn1c(C[C@H]2Sc3ccccc3NC2=O)nnc1SCC(=O)Nc1ccc(Cl)cc1. The summed E-state index contributed by atoms with van der Waals surface area (Å²) in [5.74, 6) is 0.701. The molecule has 1 aromatic heterocycles. The van der Waals surface area contributed by atoms with E-state index in [0.717, 1.165) is 10.6 Å². The van der Waals surface area contributed by atoms with Crippen LogP contribution in [0.1, 0.15) is 5.82 Å². The molecule has 2 N–H and O–H groups in total. The minimum Gasteiger partial charge on any atom is -0.325 e. The molecule has 0 aliphatic carbocycles. The Hall–Kier alpha value is -2.49. The maximum atomic E-state index is 12.4. The van der Waals surface area contributed by atoms with Crippen LogP contribution >= 0.6 is 35.1 Å². The van der Waals surface area contributed by atoms with Gasteiger partial charge in [-0.15, -0.1) is 22.0 Å². The van der Waals surface area contributed by atoms with Crippen molar-refractivity contribution in [3.63, 3.8) is 0 Å². The number of fused-ring (bicyclic) bond motifs is 1. The van der Waals surface area contributed by atoms with E-state index in [1.807, 2.05) is 35.9 Å². The fourth-order valence-electron chi connectivity index (χ4n) is 2.90. The lowest BCUT2D eigenvalue weighted by atomic mass is 10.2. The Bertz CT molecular complexity index is 1090. The summed E-state index contributed by atoms with van der Waals surface area (Å²) in [6.45, 7) is 0. The molecule has 0 fully saturated rings. The van der Waals surface area contributed by atoms with E-state index in [2.05, 4.69) is 20.8 Å². The van der Waals surface area contributed by atoms with Crippen molar-refractivity contribution < 1.29 is 9.59 Å². The molecule has 30 heavy (non-hydrogen) atoms. The number of anilines is 2. The maximum absolute atomic E-state index is 12.4. The van der Waals surface area contributed by atoms with Crippen LogP contribution in [0.25, 0.3) is 0 Å². The highest BCUT2D eigenvalue weighted by atomic mass is 35.5. The van der Waals surface area contributed by atoms with Gasteiger partial charge < -0.3 is 15.2 Å². The number of hydrogen-bond acceptors (Lipinski definition) is 6. The number of rotatable bonds is 6. The molecule has 0 bridgehead atoms. The smallest absolute Gasteiger partial charge is 0.238 e. The van der Waals surface area contributed by atoms with Crippen molar-refractivity contribution in [1.29, 1.82) is 0 Å². The number of amides is 2. The van der Waals surface area contributed by atoms with Gasteiger partial charge in [-0.25, -0.2) is 0 Å². The van der Waals surface area contributed by atoms with Crippen LogP contribution in [0, 0.1) is 0 Å². The van der Waals surface area contributed by atoms with Crippen molar-refractivity contribution >= 4 is 58.3 Å². The standard InChI is InChI=1S/C20H18ClN5O2S2/c1-26-17(10-16-19(28)23-14-4-2-3-5-15(14)30-16)24-25-20(26)29-11-18(27)22-13-8-6-12(21)7-9-13/h2-9,16H,10-11H2,1H3,(H,22,27)(H,23,28)/t16-/m1/s1. The number of aromatic nitrogens is 3. The topological polar surface area (TPSA) is 88.9 Å². The van der Waals surface area contributed by atoms with Gasteiger partial charge in [-0.3, -0.25) is 9.59 Å². The Morgan fingerprint density at radius 2 is 2.00 bits per heavy atom. The Morgan fingerprint density at radius 3 is 2.80 bits per heavy atom. The number of carbonyl (C=O) groups is 2. The normalized spacial score (nSPS) is 15.4. The second-order valence-electron chi connectivity index (χ2n) is 6.60. The molecule has 1 aliphatic rings. The van der Waals surface area contributed by atoms with Crippen molar-refractivity contribution in [3.05, 3.63) is 59.4 Å². The lowest BCUT2D eigenvalue weighted by molar-refractivity contribution is -0.116. The van der Waals surface area contributed by atoms with Gasteiger partial charge in [-0.2, -0.15) is 0 Å². The van der Waals surface area contributed by atoms with Crippen LogP contribution < -0.4 is 10.6 Å². The molecule has 7 nitrogen and oxygen atoms in total. The molecule has 154 valence electrons. The second-order valence-corrected chi connectivity index (χ2v) is 9.22. The van der Waals surface area contributed by atoms with Gasteiger partial charge in [-0.1, -0.05) is 35.5 Å². The fourth-order valence-corrected chi connectivity index (χ4v) is 4.87. The predicted molar refractivity (Wildman–Crippen MR) is 120 cm³/mol. The van der Waals surface area contributed by atoms with E-state index in [4.69, 9.17) is 11.6 Å². The summed E-state index contributed by atoms with van der Waals surface area (Å²) >= 11 is 8.67. The zero-order chi connectivity index (χ0) is 21.1. The highest BCUT2D eigenvalue weighted by Crippen LogP contribution is 2.36. The zero-order valence-electron chi connectivity index (χ0n) is 16.0. The van der Waals surface area contributed by atoms with E-state index < -0.39 is 0 Å². The van der Waals surface area contributed by atoms with Crippen molar-refractivity contribution in [2.75, 3.05) is 16.4 Å². The molecular weight excluding hydrogens is 442 g/mol. The molecule has 4 rings (SSSR count). The lowest BCUT2D eigenvalue weighted by Crippen LogP contribution is -2.31. The average molecular weight is 460 g/mol. The first kappa shape index (κ1) is 20.8. The molecule has 0 saturated carbocycles. The van der Waals surface area contributed by atoms with Crippen LogP contribution in [-0.2, 0) is 23.1 Å². The molecule has 0 spiro atoms. The van der Waals surface area contributed by atoms with Gasteiger partial charge >= 0.3 is 0 Å². The van der Waals surface area contributed by atoms with Crippen LogP contribution in [0.5, 0.6) is 0 Å². The van der Waals surface area contributed by atoms with E-state index in [1.165, 1.54) is 23.5 Å². The van der Waals surface area contributed by atoms with E-state index in [0.29, 0.717) is 28.1 Å². The Balaban J connectivity index is 1.35. The number of thioether (sulfide) groups is 2. The van der Waals surface area contributed by atoms with Gasteiger partial charge in [0.2, 0.25) is 11.8 Å². The van der Waals surface area contributed by atoms with Gasteiger partial charge in [0.15, 0.2) is 5.16 Å². The van der Waals surface area contributed by atoms with Gasteiger partial charge in [-0.05, 0) is 36.4 Å². The van der Waals surface area contributed by atoms with Gasteiger partial charge in [0.05, 0.1) is 16.7 Å². The number of hydrogen-bond donors (Lipinski definition) is 2. The number of halogens is 1.